The number of aryl methyl sites for hydroxylation is 1. The number of amides is 1. The van der Waals surface area contributed by atoms with E-state index < -0.39 is 23.7 Å². The maximum absolute atomic E-state index is 12.7. The number of alkyl carbamates (subject to hydrolysis) is 1. The number of nitrogens with one attached hydrogen (secondary N) is 1. The minimum absolute atomic E-state index is 0.102. The van der Waals surface area contributed by atoms with Crippen molar-refractivity contribution in [2.24, 2.45) is 0 Å². The third-order valence-corrected chi connectivity index (χ3v) is 4.91. The predicted molar refractivity (Wildman–Crippen MR) is 121 cm³/mol. The third-order valence-electron chi connectivity index (χ3n) is 4.91. The fourth-order valence-electron chi connectivity index (χ4n) is 3.38. The molecule has 3 aromatic rings. The number of ether oxygens (including phenoxy) is 2. The van der Waals surface area contributed by atoms with Crippen LogP contribution in [0.4, 0.5) is 4.79 Å². The summed E-state index contributed by atoms with van der Waals surface area (Å²) in [6.45, 7) is 4.03. The molecule has 0 fully saturated rings. The van der Waals surface area contributed by atoms with Gasteiger partial charge >= 0.3 is 17.7 Å². The summed E-state index contributed by atoms with van der Waals surface area (Å²) in [6.07, 6.45) is 1.99. The van der Waals surface area contributed by atoms with Crippen LogP contribution in [0.15, 0.2) is 63.8 Å². The summed E-state index contributed by atoms with van der Waals surface area (Å²) in [5, 5.41) is 3.38. The third kappa shape index (κ3) is 6.20. The van der Waals surface area contributed by atoms with Gasteiger partial charge in [-0.25, -0.2) is 14.4 Å². The van der Waals surface area contributed by atoms with Crippen molar-refractivity contribution < 1.29 is 23.5 Å². The molecule has 0 saturated carbocycles. The molecule has 0 bridgehead atoms. The molecule has 1 amide bonds. The molecule has 1 unspecified atom stereocenters. The molecule has 0 saturated heterocycles. The predicted octanol–water partition coefficient (Wildman–Crippen LogP) is 4.75. The Hall–Kier alpha value is -3.61. The largest absolute Gasteiger partial charge is 0.445 e. The highest BCUT2D eigenvalue weighted by molar-refractivity contribution is 5.85. The van der Waals surface area contributed by atoms with E-state index >= 15 is 0 Å². The molecule has 32 heavy (non-hydrogen) atoms. The highest BCUT2D eigenvalue weighted by atomic mass is 16.6. The molecule has 0 radical (unpaired) electrons. The average Bonchev–Trinajstić information content (AvgIpc) is 2.78. The fourth-order valence-corrected chi connectivity index (χ4v) is 3.38. The Balaban J connectivity index is 1.67. The van der Waals surface area contributed by atoms with Crippen molar-refractivity contribution in [3.8, 4) is 5.75 Å². The summed E-state index contributed by atoms with van der Waals surface area (Å²) in [4.78, 5) is 36.7. The Labute approximate surface area is 186 Å². The molecule has 3 rings (SSSR count). The van der Waals surface area contributed by atoms with Gasteiger partial charge in [0.1, 0.15) is 24.0 Å². The van der Waals surface area contributed by atoms with Crippen LogP contribution in [-0.4, -0.2) is 18.1 Å². The maximum Gasteiger partial charge on any atom is 0.408 e. The summed E-state index contributed by atoms with van der Waals surface area (Å²) in [5.74, 6) is -0.380. The molecule has 0 aliphatic rings. The van der Waals surface area contributed by atoms with Crippen molar-refractivity contribution in [2.75, 3.05) is 0 Å². The smallest absolute Gasteiger partial charge is 0.408 e. The van der Waals surface area contributed by atoms with Gasteiger partial charge in [0.05, 0.1) is 0 Å². The number of hydrogen-bond acceptors (Lipinski definition) is 6. The van der Waals surface area contributed by atoms with Crippen LogP contribution in [-0.2, 0) is 22.6 Å². The van der Waals surface area contributed by atoms with E-state index in [-0.39, 0.29) is 12.4 Å². The summed E-state index contributed by atoms with van der Waals surface area (Å²) in [6, 6.07) is 14.8. The molecule has 7 nitrogen and oxygen atoms in total. The van der Waals surface area contributed by atoms with E-state index in [9.17, 15) is 14.4 Å². The molecule has 0 spiro atoms. The first-order valence-corrected chi connectivity index (χ1v) is 10.8. The molecule has 1 heterocycles. The number of rotatable bonds is 9. The number of carbonyl (C=O) groups is 2. The zero-order chi connectivity index (χ0) is 22.9. The van der Waals surface area contributed by atoms with Crippen LogP contribution in [0.5, 0.6) is 5.75 Å². The van der Waals surface area contributed by atoms with Gasteiger partial charge in [0.15, 0.2) is 0 Å². The molecule has 2 aromatic carbocycles. The van der Waals surface area contributed by atoms with Gasteiger partial charge in [-0.1, -0.05) is 57.0 Å². The van der Waals surface area contributed by atoms with Gasteiger partial charge < -0.3 is 19.2 Å². The molecular formula is C25H27NO6. The Morgan fingerprint density at radius 2 is 1.81 bits per heavy atom. The van der Waals surface area contributed by atoms with Crippen molar-refractivity contribution >= 4 is 23.0 Å². The van der Waals surface area contributed by atoms with Crippen LogP contribution >= 0.6 is 0 Å². The monoisotopic (exact) mass is 437 g/mol. The highest BCUT2D eigenvalue weighted by Gasteiger charge is 2.23. The molecule has 1 atom stereocenters. The minimum Gasteiger partial charge on any atom is -0.445 e. The number of esters is 1. The van der Waals surface area contributed by atoms with Crippen LogP contribution in [0.3, 0.4) is 0 Å². The van der Waals surface area contributed by atoms with Gasteiger partial charge in [-0.05, 0) is 36.1 Å². The lowest BCUT2D eigenvalue weighted by Gasteiger charge is -2.17. The molecular weight excluding hydrogens is 410 g/mol. The molecule has 0 aliphatic heterocycles. The summed E-state index contributed by atoms with van der Waals surface area (Å²) in [7, 11) is 0. The van der Waals surface area contributed by atoms with E-state index in [4.69, 9.17) is 13.9 Å². The second-order valence-electron chi connectivity index (χ2n) is 7.47. The second-order valence-corrected chi connectivity index (χ2v) is 7.47. The average molecular weight is 437 g/mol. The van der Waals surface area contributed by atoms with Crippen molar-refractivity contribution in [1.29, 1.82) is 0 Å². The van der Waals surface area contributed by atoms with Crippen LogP contribution < -0.4 is 15.7 Å². The van der Waals surface area contributed by atoms with Crippen LogP contribution in [0.2, 0.25) is 0 Å². The van der Waals surface area contributed by atoms with Crippen molar-refractivity contribution in [3.05, 3.63) is 76.1 Å². The van der Waals surface area contributed by atoms with E-state index in [0.29, 0.717) is 18.4 Å². The van der Waals surface area contributed by atoms with E-state index in [1.807, 2.05) is 44.2 Å². The first-order valence-electron chi connectivity index (χ1n) is 10.8. The summed E-state index contributed by atoms with van der Waals surface area (Å²) in [5.41, 5.74) is 1.64. The van der Waals surface area contributed by atoms with Gasteiger partial charge in [0, 0.05) is 17.5 Å². The van der Waals surface area contributed by atoms with Crippen LogP contribution in [0.1, 0.15) is 44.2 Å². The van der Waals surface area contributed by atoms with Gasteiger partial charge in [0.2, 0.25) is 0 Å². The lowest BCUT2D eigenvalue weighted by molar-refractivity contribution is -0.136. The Kier molecular flexibility index (Phi) is 8.02. The maximum atomic E-state index is 12.7. The topological polar surface area (TPSA) is 94.8 Å². The minimum atomic E-state index is -0.864. The van der Waals surface area contributed by atoms with Crippen molar-refractivity contribution in [2.45, 2.75) is 52.2 Å². The first-order chi connectivity index (χ1) is 15.5. The number of fused-ring (bicyclic) bond motifs is 1. The van der Waals surface area contributed by atoms with Crippen LogP contribution in [0.25, 0.3) is 11.0 Å². The highest BCUT2D eigenvalue weighted by Crippen LogP contribution is 2.24. The summed E-state index contributed by atoms with van der Waals surface area (Å²) < 4.78 is 16.0. The Morgan fingerprint density at radius 3 is 2.53 bits per heavy atom. The lowest BCUT2D eigenvalue weighted by atomic mass is 10.1. The number of benzene rings is 2. The number of carbonyl (C=O) groups excluding carboxylic acids is 2. The number of hydrogen-bond donors (Lipinski definition) is 1. The van der Waals surface area contributed by atoms with Gasteiger partial charge in [-0.2, -0.15) is 0 Å². The van der Waals surface area contributed by atoms with E-state index in [2.05, 4.69) is 5.32 Å². The Morgan fingerprint density at radius 1 is 1.03 bits per heavy atom. The molecule has 1 aromatic heterocycles. The standard InChI is InChI=1S/C25H27NO6/c1-3-8-18-14-23(27)32-22-15-19(12-13-20(18)22)31-24(28)21(9-4-2)26-25(29)30-16-17-10-6-5-7-11-17/h5-7,10-15,21H,3-4,8-9,16H2,1-2H3,(H,26,29). The van der Waals surface area contributed by atoms with E-state index in [0.717, 1.165) is 29.4 Å². The molecule has 7 heteroatoms. The first kappa shape index (κ1) is 23.1. The zero-order valence-corrected chi connectivity index (χ0v) is 18.3. The SMILES string of the molecule is CCCc1cc(=O)oc2cc(OC(=O)C(CCC)NC(=O)OCc3ccccc3)ccc12. The van der Waals surface area contributed by atoms with E-state index in [1.165, 1.54) is 12.1 Å². The second kappa shape index (κ2) is 11.1. The Bertz CT molecular complexity index is 1120. The lowest BCUT2D eigenvalue weighted by Crippen LogP contribution is -2.43. The van der Waals surface area contributed by atoms with Crippen molar-refractivity contribution in [1.82, 2.24) is 5.32 Å². The fraction of sp³-hybridized carbons (Fsp3) is 0.320. The quantitative estimate of drug-likeness (QED) is 0.295. The summed E-state index contributed by atoms with van der Waals surface area (Å²) >= 11 is 0. The molecule has 1 N–H and O–H groups in total. The van der Waals surface area contributed by atoms with Gasteiger partial charge in [0.25, 0.3) is 0 Å². The van der Waals surface area contributed by atoms with E-state index in [1.54, 1.807) is 12.1 Å². The van der Waals surface area contributed by atoms with Gasteiger partial charge in [-0.15, -0.1) is 0 Å². The molecule has 168 valence electrons. The zero-order valence-electron chi connectivity index (χ0n) is 18.3. The normalized spacial score (nSPS) is 11.7. The molecule has 0 aliphatic carbocycles. The van der Waals surface area contributed by atoms with Crippen molar-refractivity contribution in [3.63, 3.8) is 0 Å². The van der Waals surface area contributed by atoms with Crippen LogP contribution in [0, 0.1) is 0 Å². The van der Waals surface area contributed by atoms with Gasteiger partial charge in [-0.3, -0.25) is 0 Å².